The first-order chi connectivity index (χ1) is 9.58. The Morgan fingerprint density at radius 2 is 1.95 bits per heavy atom. The second kappa shape index (κ2) is 7.07. The molecule has 2 fully saturated rings. The third-order valence-corrected chi connectivity index (χ3v) is 3.96. The van der Waals surface area contributed by atoms with E-state index in [0.29, 0.717) is 18.9 Å². The van der Waals surface area contributed by atoms with Gasteiger partial charge in [0.25, 0.3) is 0 Å². The Morgan fingerprint density at radius 1 is 1.25 bits per heavy atom. The number of likely N-dealkylation sites (tertiary alicyclic amines) is 1. The molecule has 2 saturated heterocycles. The number of ether oxygens (including phenoxy) is 1. The predicted molar refractivity (Wildman–Crippen MR) is 76.2 cm³/mol. The van der Waals surface area contributed by atoms with Gasteiger partial charge < -0.3 is 15.0 Å². The number of carbonyl (C=O) groups is 2. The summed E-state index contributed by atoms with van der Waals surface area (Å²) in [6, 6.07) is -0.398. The van der Waals surface area contributed by atoms with Crippen LogP contribution in [0.5, 0.6) is 0 Å². The number of nitrogens with zero attached hydrogens (tertiary/aromatic N) is 1. The zero-order valence-electron chi connectivity index (χ0n) is 12.6. The van der Waals surface area contributed by atoms with E-state index in [1.54, 1.807) is 0 Å². The maximum Gasteiger partial charge on any atom is 0.249 e. The highest BCUT2D eigenvalue weighted by Gasteiger charge is 2.31. The van der Waals surface area contributed by atoms with Crippen molar-refractivity contribution in [2.24, 2.45) is 5.92 Å². The maximum atomic E-state index is 12.5. The lowest BCUT2D eigenvalue weighted by Gasteiger charge is -2.26. The van der Waals surface area contributed by atoms with Gasteiger partial charge in [-0.25, -0.2) is 0 Å². The first kappa shape index (κ1) is 15.3. The van der Waals surface area contributed by atoms with Gasteiger partial charge in [-0.15, -0.1) is 0 Å². The summed E-state index contributed by atoms with van der Waals surface area (Å²) in [5, 5.41) is 2.91. The van der Waals surface area contributed by atoms with Crippen molar-refractivity contribution in [3.8, 4) is 0 Å². The topological polar surface area (TPSA) is 58.6 Å². The van der Waals surface area contributed by atoms with Crippen LogP contribution in [-0.2, 0) is 14.3 Å². The van der Waals surface area contributed by atoms with Gasteiger partial charge in [0.1, 0.15) is 12.1 Å². The lowest BCUT2D eigenvalue weighted by Crippen LogP contribution is -2.50. The van der Waals surface area contributed by atoms with Crippen molar-refractivity contribution in [3.63, 3.8) is 0 Å². The molecule has 2 aliphatic rings. The highest BCUT2D eigenvalue weighted by Crippen LogP contribution is 2.16. The first-order valence-corrected chi connectivity index (χ1v) is 7.78. The summed E-state index contributed by atoms with van der Waals surface area (Å²) in [5.74, 6) is 0.319. The summed E-state index contributed by atoms with van der Waals surface area (Å²) in [6.07, 6.45) is 4.15. The molecule has 5 heteroatoms. The summed E-state index contributed by atoms with van der Waals surface area (Å²) in [4.78, 5) is 26.5. The van der Waals surface area contributed by atoms with Crippen LogP contribution in [0.25, 0.3) is 0 Å². The molecule has 114 valence electrons. The van der Waals surface area contributed by atoms with Crippen molar-refractivity contribution in [2.75, 3.05) is 19.7 Å². The SMILES string of the molecule is CC(C)C[C@H](NC(=O)C1CCCO1)C(=O)N1CCCC1. The second-order valence-electron chi connectivity index (χ2n) is 6.22. The largest absolute Gasteiger partial charge is 0.368 e. The summed E-state index contributed by atoms with van der Waals surface area (Å²) >= 11 is 0. The van der Waals surface area contributed by atoms with Gasteiger partial charge in [-0.3, -0.25) is 9.59 Å². The van der Waals surface area contributed by atoms with Gasteiger partial charge in [0.15, 0.2) is 0 Å². The Kier molecular flexibility index (Phi) is 5.40. The fourth-order valence-corrected chi connectivity index (χ4v) is 2.90. The van der Waals surface area contributed by atoms with E-state index in [1.807, 2.05) is 4.90 Å². The Morgan fingerprint density at radius 3 is 2.50 bits per heavy atom. The molecule has 2 amide bonds. The van der Waals surface area contributed by atoms with Gasteiger partial charge in [0, 0.05) is 19.7 Å². The predicted octanol–water partition coefficient (Wildman–Crippen LogP) is 1.32. The molecule has 0 bridgehead atoms. The summed E-state index contributed by atoms with van der Waals surface area (Å²) in [6.45, 7) is 6.43. The minimum atomic E-state index is -0.398. The van der Waals surface area contributed by atoms with Crippen molar-refractivity contribution in [2.45, 2.75) is 58.1 Å². The van der Waals surface area contributed by atoms with Gasteiger partial charge >= 0.3 is 0 Å². The Bertz CT molecular complexity index is 345. The average molecular weight is 282 g/mol. The van der Waals surface area contributed by atoms with E-state index in [0.717, 1.165) is 38.8 Å². The van der Waals surface area contributed by atoms with Gasteiger partial charge in [-0.05, 0) is 38.0 Å². The van der Waals surface area contributed by atoms with Crippen LogP contribution in [0, 0.1) is 5.92 Å². The van der Waals surface area contributed by atoms with Crippen molar-refractivity contribution in [1.82, 2.24) is 10.2 Å². The van der Waals surface area contributed by atoms with Crippen LogP contribution < -0.4 is 5.32 Å². The molecule has 0 aromatic heterocycles. The van der Waals surface area contributed by atoms with E-state index < -0.39 is 6.04 Å². The van der Waals surface area contributed by atoms with Gasteiger partial charge in [-0.2, -0.15) is 0 Å². The molecule has 0 aromatic carbocycles. The fraction of sp³-hybridized carbons (Fsp3) is 0.867. The Hall–Kier alpha value is -1.10. The van der Waals surface area contributed by atoms with Gasteiger partial charge in [-0.1, -0.05) is 13.8 Å². The van der Waals surface area contributed by atoms with Gasteiger partial charge in [0.05, 0.1) is 0 Å². The highest BCUT2D eigenvalue weighted by molar-refractivity contribution is 5.89. The maximum absolute atomic E-state index is 12.5. The number of carbonyl (C=O) groups excluding carboxylic acids is 2. The average Bonchev–Trinajstić information content (AvgIpc) is 3.09. The molecule has 2 rings (SSSR count). The van der Waals surface area contributed by atoms with Crippen molar-refractivity contribution in [1.29, 1.82) is 0 Å². The molecular formula is C15H26N2O3. The molecule has 1 N–H and O–H groups in total. The smallest absolute Gasteiger partial charge is 0.249 e. The lowest BCUT2D eigenvalue weighted by molar-refractivity contribution is -0.139. The monoisotopic (exact) mass is 282 g/mol. The van der Waals surface area contributed by atoms with Crippen LogP contribution in [0.1, 0.15) is 46.0 Å². The first-order valence-electron chi connectivity index (χ1n) is 7.78. The summed E-state index contributed by atoms with van der Waals surface area (Å²) in [5.41, 5.74) is 0. The molecule has 0 saturated carbocycles. The van der Waals surface area contributed by atoms with Crippen LogP contribution >= 0.6 is 0 Å². The number of hydrogen-bond acceptors (Lipinski definition) is 3. The standard InChI is InChI=1S/C15H26N2O3/c1-11(2)10-12(15(19)17-7-3-4-8-17)16-14(18)13-6-5-9-20-13/h11-13H,3-10H2,1-2H3,(H,16,18)/t12-,13?/m0/s1. The summed E-state index contributed by atoms with van der Waals surface area (Å²) < 4.78 is 5.39. The summed E-state index contributed by atoms with van der Waals surface area (Å²) in [7, 11) is 0. The molecule has 1 unspecified atom stereocenters. The van der Waals surface area contributed by atoms with Crippen LogP contribution in [0.4, 0.5) is 0 Å². The Balaban J connectivity index is 1.94. The zero-order valence-corrected chi connectivity index (χ0v) is 12.6. The number of nitrogens with one attached hydrogen (secondary N) is 1. The number of hydrogen-bond donors (Lipinski definition) is 1. The van der Waals surface area contributed by atoms with E-state index in [9.17, 15) is 9.59 Å². The normalized spacial score (nSPS) is 24.1. The second-order valence-corrected chi connectivity index (χ2v) is 6.22. The highest BCUT2D eigenvalue weighted by atomic mass is 16.5. The van der Waals surface area contributed by atoms with Gasteiger partial charge in [0.2, 0.25) is 11.8 Å². The van der Waals surface area contributed by atoms with E-state index in [-0.39, 0.29) is 17.9 Å². The molecule has 0 aromatic rings. The van der Waals surface area contributed by atoms with Crippen LogP contribution in [-0.4, -0.2) is 48.6 Å². The van der Waals surface area contributed by atoms with E-state index in [1.165, 1.54) is 0 Å². The molecule has 0 aliphatic carbocycles. The fourth-order valence-electron chi connectivity index (χ4n) is 2.90. The zero-order chi connectivity index (χ0) is 14.5. The quantitative estimate of drug-likeness (QED) is 0.827. The molecular weight excluding hydrogens is 256 g/mol. The molecule has 0 spiro atoms. The minimum absolute atomic E-state index is 0.0718. The van der Waals surface area contributed by atoms with Crippen molar-refractivity contribution in [3.05, 3.63) is 0 Å². The van der Waals surface area contributed by atoms with E-state index in [2.05, 4.69) is 19.2 Å². The molecule has 2 aliphatic heterocycles. The van der Waals surface area contributed by atoms with Crippen molar-refractivity contribution >= 4 is 11.8 Å². The third-order valence-electron chi connectivity index (χ3n) is 3.96. The van der Waals surface area contributed by atoms with Crippen LogP contribution in [0.15, 0.2) is 0 Å². The third kappa shape index (κ3) is 3.95. The number of rotatable bonds is 5. The molecule has 2 atom stereocenters. The molecule has 2 heterocycles. The Labute approximate surface area is 121 Å². The molecule has 0 radical (unpaired) electrons. The van der Waals surface area contributed by atoms with Crippen LogP contribution in [0.3, 0.4) is 0 Å². The van der Waals surface area contributed by atoms with E-state index in [4.69, 9.17) is 4.74 Å². The minimum Gasteiger partial charge on any atom is -0.368 e. The van der Waals surface area contributed by atoms with E-state index >= 15 is 0 Å². The lowest BCUT2D eigenvalue weighted by atomic mass is 10.0. The molecule has 20 heavy (non-hydrogen) atoms. The molecule has 5 nitrogen and oxygen atoms in total. The van der Waals surface area contributed by atoms with Crippen LogP contribution in [0.2, 0.25) is 0 Å². The number of amides is 2. The van der Waals surface area contributed by atoms with Crippen molar-refractivity contribution < 1.29 is 14.3 Å².